The average Bonchev–Trinajstić information content (AvgIpc) is 1.82. The molecule has 0 radical (unpaired) electrons. The van der Waals surface area contributed by atoms with Crippen molar-refractivity contribution < 1.29 is 4.79 Å². The monoisotopic (exact) mass is 192 g/mol. The molecule has 0 aromatic carbocycles. The number of carbonyl (C=O) groups excluding carboxylic acids is 1. The third kappa shape index (κ3) is 8.27. The number of ketones is 1. The first-order chi connectivity index (χ1) is 5.02. The van der Waals surface area contributed by atoms with Gasteiger partial charge >= 0.3 is 0 Å². The van der Waals surface area contributed by atoms with Crippen LogP contribution in [0.4, 0.5) is 0 Å². The van der Waals surface area contributed by atoms with Crippen LogP contribution in [0.25, 0.3) is 0 Å². The molecule has 0 aliphatic rings. The van der Waals surface area contributed by atoms with Crippen LogP contribution >= 0.6 is 21.6 Å². The highest BCUT2D eigenvalue weighted by Gasteiger charge is 2.06. The second-order valence-electron chi connectivity index (χ2n) is 2.96. The molecule has 0 N–H and O–H groups in total. The minimum atomic E-state index is 0.286. The fourth-order valence-electron chi connectivity index (χ4n) is 0.645. The fraction of sp³-hybridized carbons (Fsp3) is 0.875. The second kappa shape index (κ2) is 5.95. The summed E-state index contributed by atoms with van der Waals surface area (Å²) in [6.07, 6.45) is 0.699. The number of hydrogen-bond acceptors (Lipinski definition) is 3. The van der Waals surface area contributed by atoms with E-state index in [9.17, 15) is 4.79 Å². The lowest BCUT2D eigenvalue weighted by Gasteiger charge is -2.09. The standard InChI is InChI=1S/C8H16OS2/c1-6(2)10-11-8(4)5-7(3)9/h6,8H,5H2,1-4H3. The Morgan fingerprint density at radius 1 is 1.27 bits per heavy atom. The van der Waals surface area contributed by atoms with Crippen LogP contribution in [0.1, 0.15) is 34.1 Å². The Morgan fingerprint density at radius 3 is 2.18 bits per heavy atom. The summed E-state index contributed by atoms with van der Waals surface area (Å²) in [6.45, 7) is 8.08. The highest BCUT2D eigenvalue weighted by molar-refractivity contribution is 8.77. The average molecular weight is 192 g/mol. The van der Waals surface area contributed by atoms with E-state index < -0.39 is 0 Å². The van der Waals surface area contributed by atoms with Gasteiger partial charge in [-0.15, -0.1) is 0 Å². The predicted molar refractivity (Wildman–Crippen MR) is 55.1 cm³/mol. The minimum absolute atomic E-state index is 0.286. The molecular formula is C8H16OS2. The molecule has 0 rings (SSSR count). The van der Waals surface area contributed by atoms with Gasteiger partial charge in [-0.2, -0.15) is 0 Å². The maximum Gasteiger partial charge on any atom is 0.130 e. The first-order valence-electron chi connectivity index (χ1n) is 3.84. The van der Waals surface area contributed by atoms with Gasteiger partial charge in [-0.05, 0) is 6.92 Å². The van der Waals surface area contributed by atoms with Crippen molar-refractivity contribution >= 4 is 27.4 Å². The van der Waals surface area contributed by atoms with Crippen molar-refractivity contribution in [2.45, 2.75) is 44.6 Å². The molecule has 1 unspecified atom stereocenters. The van der Waals surface area contributed by atoms with Gasteiger partial charge in [0.15, 0.2) is 0 Å². The molecule has 0 fully saturated rings. The third-order valence-corrected chi connectivity index (χ3v) is 4.45. The van der Waals surface area contributed by atoms with Gasteiger partial charge in [0.1, 0.15) is 5.78 Å². The van der Waals surface area contributed by atoms with Crippen LogP contribution in [0.15, 0.2) is 0 Å². The smallest absolute Gasteiger partial charge is 0.130 e. The van der Waals surface area contributed by atoms with Crippen molar-refractivity contribution in [3.63, 3.8) is 0 Å². The lowest BCUT2D eigenvalue weighted by Crippen LogP contribution is -2.02. The van der Waals surface area contributed by atoms with Gasteiger partial charge in [-0.1, -0.05) is 42.4 Å². The fourth-order valence-corrected chi connectivity index (χ4v) is 2.80. The summed E-state index contributed by atoms with van der Waals surface area (Å²) < 4.78 is 0. The van der Waals surface area contributed by atoms with E-state index in [4.69, 9.17) is 0 Å². The molecule has 11 heavy (non-hydrogen) atoms. The Morgan fingerprint density at radius 2 is 1.82 bits per heavy atom. The third-order valence-electron chi connectivity index (χ3n) is 0.987. The Kier molecular flexibility index (Phi) is 6.15. The van der Waals surface area contributed by atoms with Crippen LogP contribution < -0.4 is 0 Å². The topological polar surface area (TPSA) is 17.1 Å². The molecule has 1 nitrogen and oxygen atoms in total. The van der Waals surface area contributed by atoms with Crippen molar-refractivity contribution in [2.75, 3.05) is 0 Å². The molecular weight excluding hydrogens is 176 g/mol. The van der Waals surface area contributed by atoms with E-state index in [1.165, 1.54) is 0 Å². The van der Waals surface area contributed by atoms with Gasteiger partial charge in [0, 0.05) is 16.9 Å². The molecule has 0 heterocycles. The van der Waals surface area contributed by atoms with Gasteiger partial charge in [0.2, 0.25) is 0 Å². The van der Waals surface area contributed by atoms with Gasteiger partial charge in [-0.3, -0.25) is 4.79 Å². The number of carbonyl (C=O) groups is 1. The lowest BCUT2D eigenvalue weighted by atomic mass is 10.2. The van der Waals surface area contributed by atoms with Crippen LogP contribution in [0.3, 0.4) is 0 Å². The zero-order valence-corrected chi connectivity index (χ0v) is 9.22. The Labute approximate surface area is 77.1 Å². The van der Waals surface area contributed by atoms with Crippen LogP contribution in [0.2, 0.25) is 0 Å². The summed E-state index contributed by atoms with van der Waals surface area (Å²) in [5.41, 5.74) is 0. The Hall–Kier alpha value is 0.370. The van der Waals surface area contributed by atoms with E-state index in [-0.39, 0.29) is 5.78 Å². The van der Waals surface area contributed by atoms with Crippen molar-refractivity contribution in [1.82, 2.24) is 0 Å². The van der Waals surface area contributed by atoms with Crippen LogP contribution in [0, 0.1) is 0 Å². The van der Waals surface area contributed by atoms with E-state index in [1.807, 2.05) is 21.6 Å². The van der Waals surface area contributed by atoms with Crippen LogP contribution in [-0.4, -0.2) is 16.3 Å². The number of hydrogen-bond donors (Lipinski definition) is 0. The maximum atomic E-state index is 10.7. The molecule has 0 amide bonds. The van der Waals surface area contributed by atoms with Crippen molar-refractivity contribution in [3.8, 4) is 0 Å². The highest BCUT2D eigenvalue weighted by atomic mass is 33.1. The summed E-state index contributed by atoms with van der Waals surface area (Å²) in [4.78, 5) is 10.7. The van der Waals surface area contributed by atoms with Gasteiger partial charge in [0.05, 0.1) is 0 Å². The molecule has 0 aliphatic carbocycles. The van der Waals surface area contributed by atoms with Gasteiger partial charge < -0.3 is 0 Å². The second-order valence-corrected chi connectivity index (χ2v) is 6.25. The van der Waals surface area contributed by atoms with Crippen LogP contribution in [0.5, 0.6) is 0 Å². The summed E-state index contributed by atoms with van der Waals surface area (Å²) in [5, 5.41) is 1.11. The zero-order valence-electron chi connectivity index (χ0n) is 7.59. The van der Waals surface area contributed by atoms with Crippen molar-refractivity contribution in [3.05, 3.63) is 0 Å². The molecule has 0 bridgehead atoms. The van der Waals surface area contributed by atoms with Gasteiger partial charge in [0.25, 0.3) is 0 Å². The SMILES string of the molecule is CC(=O)CC(C)SSC(C)C. The first kappa shape index (κ1) is 11.4. The largest absolute Gasteiger partial charge is 0.300 e. The molecule has 0 aromatic heterocycles. The molecule has 66 valence electrons. The summed E-state index contributed by atoms with van der Waals surface area (Å²) in [5.74, 6) is 0.286. The van der Waals surface area contributed by atoms with E-state index >= 15 is 0 Å². The Balaban J connectivity index is 3.37. The number of rotatable bonds is 5. The molecule has 0 saturated carbocycles. The molecule has 3 heteroatoms. The van der Waals surface area contributed by atoms with Gasteiger partial charge in [-0.25, -0.2) is 0 Å². The van der Waals surface area contributed by atoms with Crippen molar-refractivity contribution in [2.24, 2.45) is 0 Å². The molecule has 0 aromatic rings. The lowest BCUT2D eigenvalue weighted by molar-refractivity contribution is -0.116. The normalized spacial score (nSPS) is 13.5. The molecule has 0 saturated heterocycles. The van der Waals surface area contributed by atoms with E-state index in [1.54, 1.807) is 6.92 Å². The summed E-state index contributed by atoms with van der Waals surface area (Å²) in [6, 6.07) is 0. The molecule has 0 aliphatic heterocycles. The maximum absolute atomic E-state index is 10.7. The predicted octanol–water partition coefficient (Wildman–Crippen LogP) is 3.14. The minimum Gasteiger partial charge on any atom is -0.300 e. The summed E-state index contributed by atoms with van der Waals surface area (Å²) in [7, 11) is 3.65. The highest BCUT2D eigenvalue weighted by Crippen LogP contribution is 2.31. The number of Topliss-reactive ketones (excluding diaryl/α,β-unsaturated/α-hetero) is 1. The quantitative estimate of drug-likeness (QED) is 0.623. The zero-order chi connectivity index (χ0) is 8.85. The van der Waals surface area contributed by atoms with E-state index in [0.29, 0.717) is 16.9 Å². The summed E-state index contributed by atoms with van der Waals surface area (Å²) >= 11 is 0. The van der Waals surface area contributed by atoms with E-state index in [0.717, 1.165) is 0 Å². The van der Waals surface area contributed by atoms with Crippen LogP contribution in [-0.2, 0) is 4.79 Å². The molecule has 1 atom stereocenters. The Bertz CT molecular complexity index is 123. The first-order valence-corrected chi connectivity index (χ1v) is 6.11. The molecule has 0 spiro atoms. The van der Waals surface area contributed by atoms with E-state index in [2.05, 4.69) is 20.8 Å². The van der Waals surface area contributed by atoms with Crippen molar-refractivity contribution in [1.29, 1.82) is 0 Å².